The molecule has 8 heterocycles. The number of hydrogen-bond donors (Lipinski definition) is 2. The van der Waals surface area contributed by atoms with Gasteiger partial charge in [0.25, 0.3) is 0 Å². The van der Waals surface area contributed by atoms with Gasteiger partial charge in [-0.1, -0.05) is 69.2 Å². The van der Waals surface area contributed by atoms with Gasteiger partial charge in [0.05, 0.1) is 12.2 Å². The number of esters is 4. The van der Waals surface area contributed by atoms with Crippen molar-refractivity contribution >= 4 is 23.9 Å². The second kappa shape index (κ2) is 12.7. The molecular weight excluding hydrogens is 853 g/mol. The highest BCUT2D eigenvalue weighted by atomic mass is 16.8. The summed E-state index contributed by atoms with van der Waals surface area (Å²) in [6.45, 7) is 21.4. The van der Waals surface area contributed by atoms with Crippen molar-refractivity contribution in [3.8, 4) is 0 Å². The highest BCUT2D eigenvalue weighted by Crippen LogP contribution is 2.85. The molecule has 4 N–H and O–H groups in total. The van der Waals surface area contributed by atoms with Gasteiger partial charge in [-0.25, -0.2) is 9.59 Å². The third kappa shape index (κ3) is 4.50. The highest BCUT2D eigenvalue weighted by molar-refractivity contribution is 5.93. The normalized spacial score (nSPS) is 53.2. The fraction of sp³-hybridized carbons (Fsp3) is 0.840. The van der Waals surface area contributed by atoms with Crippen molar-refractivity contribution in [2.24, 2.45) is 57.8 Å². The summed E-state index contributed by atoms with van der Waals surface area (Å²) in [7, 11) is 0. The van der Waals surface area contributed by atoms with Gasteiger partial charge in [0.2, 0.25) is 0 Å². The van der Waals surface area contributed by atoms with Crippen LogP contribution in [0.1, 0.15) is 108 Å². The van der Waals surface area contributed by atoms with Crippen molar-refractivity contribution in [3.63, 3.8) is 0 Å². The van der Waals surface area contributed by atoms with Crippen LogP contribution in [0.4, 0.5) is 0 Å². The highest BCUT2D eigenvalue weighted by Gasteiger charge is 3.03. The SMILES string of the molecule is CC(C)[C@@H](N)C(=O)O[C@@H]1[C@@]2(C(C)C)O[C@H]2[C@@H]2O[C@]23[C@]12O[C@H]2C[C@H]1C2=C(CC[C@@]13C)C(=O)OC2.CC(C)[C@H](N)C(=O)O[C@@H]1[C@@]2(C(C)C)O[C@H]2[C@@H]2O[C@]23[C@]12O[C@H]2C[C@H]1C2=C(CC[C@@]13C)C(=O)OC2. The van der Waals surface area contributed by atoms with Crippen LogP contribution in [-0.2, 0) is 66.5 Å². The van der Waals surface area contributed by atoms with E-state index in [0.717, 1.165) is 48.0 Å². The molecule has 0 bridgehead atoms. The lowest BCUT2D eigenvalue weighted by Crippen LogP contribution is -2.70. The molecule has 0 aromatic carbocycles. The maximum Gasteiger partial charge on any atom is 0.334 e. The van der Waals surface area contributed by atoms with Crippen molar-refractivity contribution in [3.05, 3.63) is 22.3 Å². The van der Waals surface area contributed by atoms with Crippen LogP contribution in [0.3, 0.4) is 0 Å². The van der Waals surface area contributed by atoms with Crippen LogP contribution in [0, 0.1) is 46.3 Å². The lowest BCUT2D eigenvalue weighted by molar-refractivity contribution is -0.172. The van der Waals surface area contributed by atoms with Gasteiger partial charge in [-0.3, -0.25) is 9.59 Å². The minimum Gasteiger partial charge on any atom is -0.458 e. The molecule has 360 valence electrons. The standard InChI is InChI=1S/2C25H33NO7/c2*1-10(2)16(26)20(28)30-21-23(11(3)4)17(32-23)18-25(33-18)22(5)7-6-12-13(9-29-19(12)27)14(22)8-15-24(21,25)31-15/h2*10-11,14-18,21H,6-9,26H2,1-5H3/t14-,15-,16+,17-,18-,21+,22-,23-,24+,25+;14-,15-,16-,17-,18-,21+,22-,23-,24+,25+/m00/s1. The zero-order valence-corrected chi connectivity index (χ0v) is 39.8. The first kappa shape index (κ1) is 43.1. The number of rotatable bonds is 8. The Bertz CT molecular complexity index is 2200. The molecule has 0 unspecified atom stereocenters. The molecule has 16 nitrogen and oxygen atoms in total. The van der Waals surface area contributed by atoms with Gasteiger partial charge in [-0.15, -0.1) is 0 Å². The van der Waals surface area contributed by atoms with Gasteiger partial charge >= 0.3 is 23.9 Å². The van der Waals surface area contributed by atoms with Gasteiger partial charge in [0.15, 0.2) is 23.4 Å². The van der Waals surface area contributed by atoms with Crippen molar-refractivity contribution in [2.45, 2.75) is 202 Å². The molecule has 0 amide bonds. The monoisotopic (exact) mass is 918 g/mol. The summed E-state index contributed by atoms with van der Waals surface area (Å²) < 4.78 is 62.8. The summed E-state index contributed by atoms with van der Waals surface area (Å²) in [6.07, 6.45) is 2.73. The number of fused-ring (bicyclic) bond motifs is 8. The van der Waals surface area contributed by atoms with Crippen molar-refractivity contribution in [1.29, 1.82) is 0 Å². The molecule has 14 aliphatic rings. The average molecular weight is 919 g/mol. The van der Waals surface area contributed by atoms with E-state index in [-0.39, 0.29) is 94.9 Å². The number of carbonyl (C=O) groups excluding carboxylic acids is 4. The third-order valence-corrected chi connectivity index (χ3v) is 20.6. The Hall–Kier alpha value is -2.96. The minimum absolute atomic E-state index is 0.0313. The summed E-state index contributed by atoms with van der Waals surface area (Å²) in [6, 6.07) is -1.41. The zero-order valence-electron chi connectivity index (χ0n) is 39.8. The molecule has 6 aliphatic carbocycles. The van der Waals surface area contributed by atoms with Crippen molar-refractivity contribution in [2.75, 3.05) is 13.2 Å². The Kier molecular flexibility index (Phi) is 8.28. The summed E-state index contributed by atoms with van der Waals surface area (Å²) in [5.41, 5.74) is 11.9. The van der Waals surface area contributed by atoms with E-state index in [1.807, 2.05) is 27.7 Å². The smallest absolute Gasteiger partial charge is 0.334 e. The van der Waals surface area contributed by atoms with E-state index in [9.17, 15) is 19.2 Å². The predicted octanol–water partition coefficient (Wildman–Crippen LogP) is 3.27. The topological polar surface area (TPSA) is 232 Å². The van der Waals surface area contributed by atoms with E-state index in [2.05, 4.69) is 41.5 Å². The lowest BCUT2D eigenvalue weighted by atomic mass is 9.46. The lowest BCUT2D eigenvalue weighted by Gasteiger charge is -2.53. The quantitative estimate of drug-likeness (QED) is 0.202. The number of epoxide rings is 6. The molecule has 8 aliphatic heterocycles. The summed E-state index contributed by atoms with van der Waals surface area (Å²) >= 11 is 0. The minimum atomic E-state index is -0.728. The summed E-state index contributed by atoms with van der Waals surface area (Å²) in [4.78, 5) is 50.8. The Labute approximate surface area is 385 Å². The van der Waals surface area contributed by atoms with Crippen LogP contribution in [0.2, 0.25) is 0 Å². The number of hydrogen-bond acceptors (Lipinski definition) is 16. The van der Waals surface area contributed by atoms with Gasteiger partial charge < -0.3 is 58.8 Å². The first-order chi connectivity index (χ1) is 31.1. The van der Waals surface area contributed by atoms with Gasteiger partial charge in [-0.2, -0.15) is 0 Å². The molecule has 0 radical (unpaired) electrons. The zero-order chi connectivity index (χ0) is 46.6. The molecule has 20 atom stereocenters. The largest absolute Gasteiger partial charge is 0.458 e. The van der Waals surface area contributed by atoms with E-state index in [1.54, 1.807) is 0 Å². The van der Waals surface area contributed by atoms with Gasteiger partial charge in [0, 0.05) is 22.0 Å². The molecule has 16 heteroatoms. The maximum absolute atomic E-state index is 13.1. The van der Waals surface area contributed by atoms with Crippen molar-refractivity contribution < 1.29 is 66.5 Å². The predicted molar refractivity (Wildman–Crippen MR) is 228 cm³/mol. The number of nitrogens with two attached hydrogens (primary N) is 2. The molecule has 0 aromatic heterocycles. The van der Waals surface area contributed by atoms with E-state index in [0.29, 0.717) is 26.1 Å². The van der Waals surface area contributed by atoms with Gasteiger partial charge in [-0.05, 0) is 85.2 Å². The van der Waals surface area contributed by atoms with E-state index in [1.165, 1.54) is 0 Å². The van der Waals surface area contributed by atoms with Crippen LogP contribution in [0.5, 0.6) is 0 Å². The fourth-order valence-corrected chi connectivity index (χ4v) is 16.6. The summed E-state index contributed by atoms with van der Waals surface area (Å²) in [5.74, 6) is -0.658. The second-order valence-corrected chi connectivity index (χ2v) is 24.2. The Morgan fingerprint density at radius 2 is 0.955 bits per heavy atom. The first-order valence-corrected chi connectivity index (χ1v) is 24.9. The van der Waals surface area contributed by atoms with E-state index in [4.69, 9.17) is 58.8 Å². The van der Waals surface area contributed by atoms with Crippen LogP contribution in [-0.4, -0.2) is 132 Å². The molecule has 4 spiro atoms. The number of carbonyl (C=O) groups is 4. The Morgan fingerprint density at radius 3 is 1.30 bits per heavy atom. The van der Waals surface area contributed by atoms with Crippen LogP contribution in [0.25, 0.3) is 0 Å². The molecule has 0 aromatic rings. The van der Waals surface area contributed by atoms with E-state index >= 15 is 0 Å². The van der Waals surface area contributed by atoms with E-state index < -0.39 is 69.8 Å². The first-order valence-electron chi connectivity index (χ1n) is 24.9. The molecule has 10 fully saturated rings. The number of ether oxygens (including phenoxy) is 10. The molecule has 14 rings (SSSR count). The average Bonchev–Trinajstić information content (AvgIpc) is 4.00. The van der Waals surface area contributed by atoms with Crippen LogP contribution in [0.15, 0.2) is 22.3 Å². The van der Waals surface area contributed by atoms with Gasteiger partial charge in [0.1, 0.15) is 72.1 Å². The molecule has 6 saturated heterocycles. The maximum atomic E-state index is 13.1. The fourth-order valence-electron chi connectivity index (χ4n) is 16.6. The summed E-state index contributed by atoms with van der Waals surface area (Å²) in [5, 5.41) is 0. The molecule has 66 heavy (non-hydrogen) atoms. The van der Waals surface area contributed by atoms with Crippen LogP contribution < -0.4 is 11.5 Å². The van der Waals surface area contributed by atoms with Crippen LogP contribution >= 0.6 is 0 Å². The molecular formula is C50H66N2O14. The Morgan fingerprint density at radius 1 is 0.576 bits per heavy atom. The third-order valence-electron chi connectivity index (χ3n) is 20.6. The van der Waals surface area contributed by atoms with Crippen molar-refractivity contribution in [1.82, 2.24) is 0 Å². The second-order valence-electron chi connectivity index (χ2n) is 24.2. The number of cyclic esters (lactones) is 2. The Balaban J connectivity index is 0.000000132. The molecule has 4 saturated carbocycles.